The zero-order chi connectivity index (χ0) is 14.1. The highest BCUT2D eigenvalue weighted by Crippen LogP contribution is 2.45. The normalized spacial score (nSPS) is 15.8. The van der Waals surface area contributed by atoms with E-state index in [1.807, 2.05) is 0 Å². The van der Waals surface area contributed by atoms with E-state index in [-0.39, 0.29) is 12.6 Å². The van der Waals surface area contributed by atoms with Gasteiger partial charge < -0.3 is 20.5 Å². The van der Waals surface area contributed by atoms with Crippen LogP contribution in [0.15, 0.2) is 0 Å². The second-order valence-electron chi connectivity index (χ2n) is 5.01. The Morgan fingerprint density at radius 3 is 2.47 bits per heavy atom. The molecule has 0 aromatic carbocycles. The van der Waals surface area contributed by atoms with E-state index in [2.05, 4.69) is 17.6 Å². The van der Waals surface area contributed by atoms with Crippen molar-refractivity contribution >= 4 is 12.0 Å². The Morgan fingerprint density at radius 1 is 1.21 bits per heavy atom. The number of carboxylic acid groups (broad SMARTS) is 1. The fourth-order valence-corrected chi connectivity index (χ4v) is 1.65. The summed E-state index contributed by atoms with van der Waals surface area (Å²) >= 11 is 0. The Bertz CT molecular complexity index is 303. The predicted octanol–water partition coefficient (Wildman–Crippen LogP) is 1.36. The minimum absolute atomic E-state index is 0.209. The van der Waals surface area contributed by atoms with Crippen molar-refractivity contribution in [3.05, 3.63) is 0 Å². The van der Waals surface area contributed by atoms with Gasteiger partial charge in [0.15, 0.2) is 0 Å². The third-order valence-corrected chi connectivity index (χ3v) is 3.29. The van der Waals surface area contributed by atoms with Gasteiger partial charge in [-0.2, -0.15) is 0 Å². The molecule has 0 spiro atoms. The maximum atomic E-state index is 11.4. The van der Waals surface area contributed by atoms with Crippen molar-refractivity contribution in [3.63, 3.8) is 0 Å². The van der Waals surface area contributed by atoms with Gasteiger partial charge >= 0.3 is 12.0 Å². The average Bonchev–Trinajstić information content (AvgIpc) is 3.16. The number of hydrogen-bond donors (Lipinski definition) is 3. The summed E-state index contributed by atoms with van der Waals surface area (Å²) in [5.41, 5.74) is -0.708. The van der Waals surface area contributed by atoms with Crippen LogP contribution in [0.25, 0.3) is 0 Å². The summed E-state index contributed by atoms with van der Waals surface area (Å²) in [6, 6.07) is -0.305. The number of carbonyl (C=O) groups is 2. The number of urea groups is 1. The molecule has 19 heavy (non-hydrogen) atoms. The van der Waals surface area contributed by atoms with Gasteiger partial charge in [-0.3, -0.25) is 4.79 Å². The lowest BCUT2D eigenvalue weighted by molar-refractivity contribution is -0.143. The molecule has 1 rings (SSSR count). The molecule has 0 aliphatic heterocycles. The topological polar surface area (TPSA) is 87.7 Å². The van der Waals surface area contributed by atoms with E-state index >= 15 is 0 Å². The zero-order valence-electron chi connectivity index (χ0n) is 11.5. The molecule has 110 valence electrons. The van der Waals surface area contributed by atoms with E-state index in [1.54, 1.807) is 0 Å². The summed E-state index contributed by atoms with van der Waals surface area (Å²) in [6.07, 6.45) is 4.24. The van der Waals surface area contributed by atoms with Gasteiger partial charge in [0.2, 0.25) is 0 Å². The van der Waals surface area contributed by atoms with Crippen LogP contribution in [0.4, 0.5) is 4.79 Å². The van der Waals surface area contributed by atoms with Gasteiger partial charge in [-0.05, 0) is 25.7 Å². The number of unbranched alkanes of at least 4 members (excludes halogenated alkanes) is 1. The summed E-state index contributed by atoms with van der Waals surface area (Å²) in [4.78, 5) is 22.3. The van der Waals surface area contributed by atoms with Crippen LogP contribution in [0.5, 0.6) is 0 Å². The Balaban J connectivity index is 1.95. The highest BCUT2D eigenvalue weighted by molar-refractivity contribution is 5.80. The molecular formula is C13H24N2O4. The van der Waals surface area contributed by atoms with Crippen molar-refractivity contribution in [2.45, 2.75) is 39.0 Å². The summed E-state index contributed by atoms with van der Waals surface area (Å²) < 4.78 is 5.36. The number of amides is 2. The van der Waals surface area contributed by atoms with E-state index in [1.165, 1.54) is 0 Å². The summed E-state index contributed by atoms with van der Waals surface area (Å²) in [7, 11) is 0. The first-order chi connectivity index (χ1) is 9.10. The molecule has 1 aliphatic carbocycles. The van der Waals surface area contributed by atoms with Crippen molar-refractivity contribution in [3.8, 4) is 0 Å². The first-order valence-electron chi connectivity index (χ1n) is 6.93. The molecule has 0 unspecified atom stereocenters. The van der Waals surface area contributed by atoms with Crippen molar-refractivity contribution in [1.29, 1.82) is 0 Å². The first-order valence-corrected chi connectivity index (χ1v) is 6.93. The highest BCUT2D eigenvalue weighted by Gasteiger charge is 2.50. The average molecular weight is 272 g/mol. The molecule has 0 aromatic rings. The zero-order valence-corrected chi connectivity index (χ0v) is 11.5. The standard InChI is InChI=1S/C13H24N2O4/c1-2-3-8-19-9-4-7-14-12(18)15-10-13(5-6-13)11(16)17/h2-10H2,1H3,(H,16,17)(H2,14,15,18). The van der Waals surface area contributed by atoms with Crippen LogP contribution in [0.1, 0.15) is 39.0 Å². The molecule has 6 nitrogen and oxygen atoms in total. The van der Waals surface area contributed by atoms with Gasteiger partial charge in [-0.15, -0.1) is 0 Å². The smallest absolute Gasteiger partial charge is 0.314 e. The fraction of sp³-hybridized carbons (Fsp3) is 0.846. The molecular weight excluding hydrogens is 248 g/mol. The minimum Gasteiger partial charge on any atom is -0.481 e. The number of hydrogen-bond acceptors (Lipinski definition) is 3. The van der Waals surface area contributed by atoms with Gasteiger partial charge in [-0.25, -0.2) is 4.79 Å². The summed E-state index contributed by atoms with van der Waals surface area (Å²) in [5, 5.41) is 14.2. The molecule has 0 heterocycles. The Morgan fingerprint density at radius 2 is 1.89 bits per heavy atom. The quantitative estimate of drug-likeness (QED) is 0.524. The van der Waals surface area contributed by atoms with Crippen molar-refractivity contribution in [1.82, 2.24) is 10.6 Å². The second kappa shape index (κ2) is 7.99. The predicted molar refractivity (Wildman–Crippen MR) is 71.0 cm³/mol. The largest absolute Gasteiger partial charge is 0.481 e. The molecule has 3 N–H and O–H groups in total. The van der Waals surface area contributed by atoms with Crippen molar-refractivity contribution < 1.29 is 19.4 Å². The van der Waals surface area contributed by atoms with Gasteiger partial charge in [-0.1, -0.05) is 13.3 Å². The van der Waals surface area contributed by atoms with Crippen LogP contribution < -0.4 is 10.6 Å². The van der Waals surface area contributed by atoms with Gasteiger partial charge in [0, 0.05) is 26.3 Å². The molecule has 1 aliphatic rings. The lowest BCUT2D eigenvalue weighted by atomic mass is 10.1. The Hall–Kier alpha value is -1.30. The van der Waals surface area contributed by atoms with Crippen LogP contribution in [-0.2, 0) is 9.53 Å². The van der Waals surface area contributed by atoms with Gasteiger partial charge in [0.1, 0.15) is 0 Å². The highest BCUT2D eigenvalue weighted by atomic mass is 16.5. The van der Waals surface area contributed by atoms with E-state index in [0.29, 0.717) is 26.0 Å². The van der Waals surface area contributed by atoms with Crippen LogP contribution >= 0.6 is 0 Å². The second-order valence-corrected chi connectivity index (χ2v) is 5.01. The van der Waals surface area contributed by atoms with E-state index in [9.17, 15) is 9.59 Å². The van der Waals surface area contributed by atoms with Crippen molar-refractivity contribution in [2.75, 3.05) is 26.3 Å². The number of aliphatic carboxylic acids is 1. The Kier molecular flexibility index (Phi) is 6.62. The van der Waals surface area contributed by atoms with E-state index in [0.717, 1.165) is 25.9 Å². The van der Waals surface area contributed by atoms with E-state index in [4.69, 9.17) is 9.84 Å². The molecule has 0 bridgehead atoms. The third-order valence-electron chi connectivity index (χ3n) is 3.29. The minimum atomic E-state index is -0.822. The fourth-order valence-electron chi connectivity index (χ4n) is 1.65. The van der Waals surface area contributed by atoms with E-state index < -0.39 is 11.4 Å². The monoisotopic (exact) mass is 272 g/mol. The molecule has 0 saturated heterocycles. The summed E-state index contributed by atoms with van der Waals surface area (Å²) in [5.74, 6) is -0.822. The lowest BCUT2D eigenvalue weighted by Gasteiger charge is -2.12. The molecule has 0 radical (unpaired) electrons. The molecule has 0 aromatic heterocycles. The SMILES string of the molecule is CCCCOCCCNC(=O)NCC1(C(=O)O)CC1. The molecule has 1 fully saturated rings. The van der Waals surface area contributed by atoms with Gasteiger partial charge in [0.25, 0.3) is 0 Å². The molecule has 6 heteroatoms. The number of nitrogens with one attached hydrogen (secondary N) is 2. The first kappa shape index (κ1) is 15.8. The van der Waals surface area contributed by atoms with Crippen LogP contribution in [0.2, 0.25) is 0 Å². The number of ether oxygens (including phenoxy) is 1. The maximum absolute atomic E-state index is 11.4. The number of rotatable bonds is 10. The number of carboxylic acids is 1. The van der Waals surface area contributed by atoms with Crippen LogP contribution in [-0.4, -0.2) is 43.4 Å². The van der Waals surface area contributed by atoms with Gasteiger partial charge in [0.05, 0.1) is 5.41 Å². The molecule has 1 saturated carbocycles. The molecule has 0 atom stereocenters. The number of carbonyl (C=O) groups excluding carboxylic acids is 1. The summed E-state index contributed by atoms with van der Waals surface area (Å²) in [6.45, 7) is 4.27. The third kappa shape index (κ3) is 5.92. The molecule has 2 amide bonds. The van der Waals surface area contributed by atoms with Crippen LogP contribution in [0, 0.1) is 5.41 Å². The Labute approximate surface area is 113 Å². The maximum Gasteiger partial charge on any atom is 0.314 e. The van der Waals surface area contributed by atoms with Crippen LogP contribution in [0.3, 0.4) is 0 Å². The van der Waals surface area contributed by atoms with Crippen molar-refractivity contribution in [2.24, 2.45) is 5.41 Å². The lowest BCUT2D eigenvalue weighted by Crippen LogP contribution is -2.41.